The molecule has 1 N–H and O–H groups in total. The highest BCUT2D eigenvalue weighted by molar-refractivity contribution is 5.68. The summed E-state index contributed by atoms with van der Waals surface area (Å²) >= 11 is 0. The summed E-state index contributed by atoms with van der Waals surface area (Å²) in [6.07, 6.45) is 1.31. The molecule has 0 bridgehead atoms. The lowest BCUT2D eigenvalue weighted by atomic mass is 10.0. The first-order chi connectivity index (χ1) is 8.35. The van der Waals surface area contributed by atoms with Crippen LogP contribution in [0.15, 0.2) is 0 Å². The van der Waals surface area contributed by atoms with Crippen molar-refractivity contribution in [3.63, 3.8) is 0 Å². The molecular weight excluding hydrogens is 230 g/mol. The second-order valence-electron chi connectivity index (χ2n) is 6.03. The number of rotatable bonds is 0. The van der Waals surface area contributed by atoms with E-state index in [-0.39, 0.29) is 12.2 Å². The predicted molar refractivity (Wildman–Crippen MR) is 71.4 cm³/mol. The molecule has 1 saturated heterocycles. The molecule has 3 atom stereocenters. The SMILES string of the molecule is CC.CC(C)(C)OC(=O)N1C[C@H]2CC(O)C[C@H]2C1. The molecule has 0 aromatic rings. The van der Waals surface area contributed by atoms with Gasteiger partial charge in [0.2, 0.25) is 0 Å². The Balaban J connectivity index is 0.000000771. The maximum absolute atomic E-state index is 11.8. The van der Waals surface area contributed by atoms with Gasteiger partial charge in [-0.05, 0) is 45.4 Å². The van der Waals surface area contributed by atoms with Crippen LogP contribution in [0.1, 0.15) is 47.5 Å². The van der Waals surface area contributed by atoms with E-state index in [1.54, 1.807) is 4.90 Å². The maximum Gasteiger partial charge on any atom is 0.410 e. The Hall–Kier alpha value is -0.770. The zero-order valence-corrected chi connectivity index (χ0v) is 12.3. The summed E-state index contributed by atoms with van der Waals surface area (Å²) in [5, 5.41) is 9.51. The number of aliphatic hydroxyl groups excluding tert-OH is 1. The van der Waals surface area contributed by atoms with Crippen molar-refractivity contribution < 1.29 is 14.6 Å². The van der Waals surface area contributed by atoms with E-state index < -0.39 is 5.60 Å². The number of likely N-dealkylation sites (tertiary alicyclic amines) is 1. The first-order valence-corrected chi connectivity index (χ1v) is 7.01. The fourth-order valence-corrected chi connectivity index (χ4v) is 2.74. The van der Waals surface area contributed by atoms with Crippen molar-refractivity contribution in [3.05, 3.63) is 0 Å². The van der Waals surface area contributed by atoms with Gasteiger partial charge in [0.1, 0.15) is 5.60 Å². The van der Waals surface area contributed by atoms with Crippen LogP contribution in [0.2, 0.25) is 0 Å². The molecule has 1 saturated carbocycles. The van der Waals surface area contributed by atoms with Crippen LogP contribution in [-0.2, 0) is 4.74 Å². The highest BCUT2D eigenvalue weighted by atomic mass is 16.6. The fourth-order valence-electron chi connectivity index (χ4n) is 2.74. The third-order valence-electron chi connectivity index (χ3n) is 3.38. The molecule has 0 aromatic carbocycles. The average molecular weight is 257 g/mol. The quantitative estimate of drug-likeness (QED) is 0.726. The molecule has 1 amide bonds. The maximum atomic E-state index is 11.8. The summed E-state index contributed by atoms with van der Waals surface area (Å²) < 4.78 is 5.34. The minimum atomic E-state index is -0.422. The molecule has 0 spiro atoms. The van der Waals surface area contributed by atoms with E-state index in [1.165, 1.54) is 0 Å². The van der Waals surface area contributed by atoms with Crippen LogP contribution in [0.3, 0.4) is 0 Å². The number of carbonyl (C=O) groups is 1. The van der Waals surface area contributed by atoms with E-state index in [0.717, 1.165) is 25.9 Å². The Morgan fingerprint density at radius 1 is 1.17 bits per heavy atom. The first kappa shape index (κ1) is 15.3. The number of ether oxygens (including phenoxy) is 1. The minimum Gasteiger partial charge on any atom is -0.444 e. The van der Waals surface area contributed by atoms with Crippen LogP contribution in [-0.4, -0.2) is 40.9 Å². The largest absolute Gasteiger partial charge is 0.444 e. The van der Waals surface area contributed by atoms with Gasteiger partial charge in [-0.25, -0.2) is 4.79 Å². The van der Waals surface area contributed by atoms with Gasteiger partial charge in [0.25, 0.3) is 0 Å². The van der Waals surface area contributed by atoms with Gasteiger partial charge in [0, 0.05) is 13.1 Å². The summed E-state index contributed by atoms with van der Waals surface area (Å²) in [5.41, 5.74) is -0.422. The van der Waals surface area contributed by atoms with Crippen LogP contribution in [0, 0.1) is 11.8 Å². The third kappa shape index (κ3) is 3.87. The van der Waals surface area contributed by atoms with Crippen molar-refractivity contribution in [2.75, 3.05) is 13.1 Å². The molecule has 106 valence electrons. The van der Waals surface area contributed by atoms with Crippen molar-refractivity contribution in [2.24, 2.45) is 11.8 Å². The van der Waals surface area contributed by atoms with E-state index in [4.69, 9.17) is 4.74 Å². The van der Waals surface area contributed by atoms with E-state index in [0.29, 0.717) is 11.8 Å². The molecule has 1 aliphatic heterocycles. The molecule has 1 heterocycles. The Morgan fingerprint density at radius 3 is 2.00 bits per heavy atom. The number of hydrogen-bond donors (Lipinski definition) is 1. The smallest absolute Gasteiger partial charge is 0.410 e. The third-order valence-corrected chi connectivity index (χ3v) is 3.38. The van der Waals surface area contributed by atoms with Crippen molar-refractivity contribution in [3.8, 4) is 0 Å². The molecular formula is C14H27NO3. The number of nitrogens with zero attached hydrogens (tertiary/aromatic N) is 1. The van der Waals surface area contributed by atoms with Crippen LogP contribution in [0.25, 0.3) is 0 Å². The lowest BCUT2D eigenvalue weighted by Crippen LogP contribution is -2.36. The summed E-state index contributed by atoms with van der Waals surface area (Å²) in [7, 11) is 0. The molecule has 2 aliphatic rings. The van der Waals surface area contributed by atoms with Crippen molar-refractivity contribution >= 4 is 6.09 Å². The lowest BCUT2D eigenvalue weighted by molar-refractivity contribution is 0.0269. The van der Waals surface area contributed by atoms with Crippen LogP contribution in [0.5, 0.6) is 0 Å². The van der Waals surface area contributed by atoms with Gasteiger partial charge in [-0.1, -0.05) is 13.8 Å². The number of hydrogen-bond acceptors (Lipinski definition) is 3. The van der Waals surface area contributed by atoms with Gasteiger partial charge in [0.05, 0.1) is 6.10 Å². The summed E-state index contributed by atoms with van der Waals surface area (Å²) in [4.78, 5) is 13.6. The first-order valence-electron chi connectivity index (χ1n) is 7.01. The van der Waals surface area contributed by atoms with Crippen molar-refractivity contribution in [1.82, 2.24) is 4.90 Å². The van der Waals surface area contributed by atoms with E-state index in [1.807, 2.05) is 34.6 Å². The molecule has 1 aliphatic carbocycles. The predicted octanol–water partition coefficient (Wildman–Crippen LogP) is 2.65. The molecule has 4 heteroatoms. The monoisotopic (exact) mass is 257 g/mol. The van der Waals surface area contributed by atoms with Crippen molar-refractivity contribution in [1.29, 1.82) is 0 Å². The number of aliphatic hydroxyl groups is 1. The Bertz CT molecular complexity index is 271. The Labute approximate surface area is 110 Å². The zero-order chi connectivity index (χ0) is 13.9. The van der Waals surface area contributed by atoms with Crippen molar-refractivity contribution in [2.45, 2.75) is 59.2 Å². The van der Waals surface area contributed by atoms with E-state index in [9.17, 15) is 9.90 Å². The van der Waals surface area contributed by atoms with Crippen LogP contribution < -0.4 is 0 Å². The molecule has 4 nitrogen and oxygen atoms in total. The average Bonchev–Trinajstić information content (AvgIpc) is 2.75. The number of fused-ring (bicyclic) bond motifs is 1. The summed E-state index contributed by atoms with van der Waals surface area (Å²) in [6.45, 7) is 11.1. The topological polar surface area (TPSA) is 49.8 Å². The van der Waals surface area contributed by atoms with Gasteiger partial charge in [-0.2, -0.15) is 0 Å². The normalized spacial score (nSPS) is 30.6. The van der Waals surface area contributed by atoms with Gasteiger partial charge < -0.3 is 14.7 Å². The molecule has 2 rings (SSSR count). The van der Waals surface area contributed by atoms with Crippen LogP contribution in [0.4, 0.5) is 4.79 Å². The van der Waals surface area contributed by atoms with Gasteiger partial charge in [-0.15, -0.1) is 0 Å². The second-order valence-corrected chi connectivity index (χ2v) is 6.03. The van der Waals surface area contributed by atoms with E-state index in [2.05, 4.69) is 0 Å². The van der Waals surface area contributed by atoms with Gasteiger partial charge >= 0.3 is 6.09 Å². The van der Waals surface area contributed by atoms with Gasteiger partial charge in [0.15, 0.2) is 0 Å². The Kier molecular flexibility index (Phi) is 5.02. The van der Waals surface area contributed by atoms with E-state index >= 15 is 0 Å². The lowest BCUT2D eigenvalue weighted by Gasteiger charge is -2.25. The summed E-state index contributed by atoms with van der Waals surface area (Å²) in [5.74, 6) is 0.949. The summed E-state index contributed by atoms with van der Waals surface area (Å²) in [6, 6.07) is 0. The van der Waals surface area contributed by atoms with Crippen LogP contribution >= 0.6 is 0 Å². The molecule has 2 fully saturated rings. The van der Waals surface area contributed by atoms with Gasteiger partial charge in [-0.3, -0.25) is 0 Å². The molecule has 0 radical (unpaired) electrons. The molecule has 18 heavy (non-hydrogen) atoms. The standard InChI is InChI=1S/C12H21NO3.C2H6/c1-12(2,3)16-11(15)13-6-8-4-10(14)5-9(8)7-13;1-2/h8-10,14H,4-7H2,1-3H3;1-2H3/t8-,9+,10?;. The molecule has 1 unspecified atom stereocenters. The highest BCUT2D eigenvalue weighted by Gasteiger charge is 2.42. The second kappa shape index (κ2) is 5.91. The number of carbonyl (C=O) groups excluding carboxylic acids is 1. The fraction of sp³-hybridized carbons (Fsp3) is 0.929. The molecule has 0 aromatic heterocycles. The Morgan fingerprint density at radius 2 is 1.61 bits per heavy atom. The zero-order valence-electron chi connectivity index (χ0n) is 12.3. The highest BCUT2D eigenvalue weighted by Crippen LogP contribution is 2.38. The number of amides is 1. The minimum absolute atomic E-state index is 0.157.